The molecular formula is C27H48O6. The zero-order chi connectivity index (χ0) is 25.1. The van der Waals surface area contributed by atoms with Crippen molar-refractivity contribution >= 4 is 11.9 Å². The van der Waals surface area contributed by atoms with Crippen LogP contribution in [0.15, 0.2) is 12.2 Å². The first-order valence-electron chi connectivity index (χ1n) is 12.7. The van der Waals surface area contributed by atoms with Crippen LogP contribution in [-0.2, 0) is 28.5 Å². The fourth-order valence-corrected chi connectivity index (χ4v) is 3.96. The Kier molecular flexibility index (Phi) is 12.7. The van der Waals surface area contributed by atoms with Crippen LogP contribution in [0.5, 0.6) is 0 Å². The lowest BCUT2D eigenvalue weighted by Crippen LogP contribution is -2.31. The van der Waals surface area contributed by atoms with Crippen LogP contribution in [0.1, 0.15) is 100 Å². The first-order valence-corrected chi connectivity index (χ1v) is 12.7. The van der Waals surface area contributed by atoms with E-state index < -0.39 is 23.8 Å². The van der Waals surface area contributed by atoms with Gasteiger partial charge in [-0.3, -0.25) is 0 Å². The van der Waals surface area contributed by atoms with Gasteiger partial charge < -0.3 is 18.9 Å². The van der Waals surface area contributed by atoms with E-state index in [2.05, 4.69) is 27.7 Å². The highest BCUT2D eigenvalue weighted by atomic mass is 16.7. The van der Waals surface area contributed by atoms with E-state index in [-0.39, 0.29) is 11.5 Å². The van der Waals surface area contributed by atoms with Crippen molar-refractivity contribution in [2.45, 2.75) is 118 Å². The summed E-state index contributed by atoms with van der Waals surface area (Å²) >= 11 is 0. The van der Waals surface area contributed by atoms with E-state index in [1.165, 1.54) is 0 Å². The van der Waals surface area contributed by atoms with Gasteiger partial charge in [-0.1, -0.05) is 34.1 Å². The molecule has 6 heteroatoms. The van der Waals surface area contributed by atoms with Crippen LogP contribution in [0.3, 0.4) is 0 Å². The van der Waals surface area contributed by atoms with Crippen molar-refractivity contribution in [2.24, 2.45) is 17.3 Å². The summed E-state index contributed by atoms with van der Waals surface area (Å²) in [5.74, 6) is -0.0814. The molecule has 192 valence electrons. The topological polar surface area (TPSA) is 71.1 Å². The molecule has 1 rings (SSSR count). The number of ether oxygens (including phenoxy) is 4. The maximum atomic E-state index is 12.0. The highest BCUT2D eigenvalue weighted by Gasteiger charge is 2.27. The highest BCUT2D eigenvalue weighted by molar-refractivity contribution is 5.91. The molecule has 33 heavy (non-hydrogen) atoms. The standard InChI is InChI=1S/C27H48O6/c1-9-17-27(7,8)33-25(29)16-15-24(28)32-21(4)31-19-23-13-11-22(12-14-23)18-30-20(3)26(5,6)10-2/h15-16,20-23H,9-14,17-19H2,1-8H3/b16-15+. The van der Waals surface area contributed by atoms with Crippen molar-refractivity contribution in [2.75, 3.05) is 13.2 Å². The van der Waals surface area contributed by atoms with Crippen LogP contribution in [0.4, 0.5) is 0 Å². The molecule has 1 aliphatic carbocycles. The van der Waals surface area contributed by atoms with Crippen molar-refractivity contribution < 1.29 is 28.5 Å². The number of esters is 2. The summed E-state index contributed by atoms with van der Waals surface area (Å²) in [6.45, 7) is 17.7. The Bertz CT molecular complexity index is 616. The molecule has 2 atom stereocenters. The van der Waals surface area contributed by atoms with Gasteiger partial charge in [0.25, 0.3) is 0 Å². The van der Waals surface area contributed by atoms with E-state index in [4.69, 9.17) is 18.9 Å². The minimum atomic E-state index is -0.659. The van der Waals surface area contributed by atoms with Crippen molar-refractivity contribution in [3.8, 4) is 0 Å². The molecule has 0 aromatic heterocycles. The van der Waals surface area contributed by atoms with Gasteiger partial charge in [-0.25, -0.2) is 9.59 Å². The van der Waals surface area contributed by atoms with E-state index in [9.17, 15) is 9.59 Å². The lowest BCUT2D eigenvalue weighted by Gasteiger charge is -2.34. The predicted octanol–water partition coefficient (Wildman–Crippen LogP) is 6.22. The van der Waals surface area contributed by atoms with Gasteiger partial charge in [-0.05, 0) is 83.5 Å². The van der Waals surface area contributed by atoms with Gasteiger partial charge in [0, 0.05) is 18.8 Å². The summed E-state index contributed by atoms with van der Waals surface area (Å²) in [6, 6.07) is 0. The Labute approximate surface area is 201 Å². The molecular weight excluding hydrogens is 420 g/mol. The molecule has 0 spiro atoms. The maximum absolute atomic E-state index is 12.0. The maximum Gasteiger partial charge on any atom is 0.333 e. The summed E-state index contributed by atoms with van der Waals surface area (Å²) in [5.41, 5.74) is -0.342. The zero-order valence-corrected chi connectivity index (χ0v) is 22.3. The second-order valence-electron chi connectivity index (χ2n) is 10.8. The van der Waals surface area contributed by atoms with Crippen LogP contribution >= 0.6 is 0 Å². The van der Waals surface area contributed by atoms with Gasteiger partial charge in [0.15, 0.2) is 6.29 Å². The molecule has 0 heterocycles. The first kappa shape index (κ1) is 29.6. The highest BCUT2D eigenvalue weighted by Crippen LogP contribution is 2.32. The zero-order valence-electron chi connectivity index (χ0n) is 22.3. The van der Waals surface area contributed by atoms with Gasteiger partial charge in [0.05, 0.1) is 12.7 Å². The molecule has 6 nitrogen and oxygen atoms in total. The van der Waals surface area contributed by atoms with Crippen molar-refractivity contribution in [3.05, 3.63) is 12.2 Å². The molecule has 1 saturated carbocycles. The number of hydrogen-bond acceptors (Lipinski definition) is 6. The van der Waals surface area contributed by atoms with Crippen LogP contribution in [0, 0.1) is 17.3 Å². The van der Waals surface area contributed by atoms with E-state index in [1.54, 1.807) is 6.92 Å². The van der Waals surface area contributed by atoms with Crippen molar-refractivity contribution in [3.63, 3.8) is 0 Å². The van der Waals surface area contributed by atoms with E-state index in [1.807, 2.05) is 20.8 Å². The van der Waals surface area contributed by atoms with Gasteiger partial charge in [-0.15, -0.1) is 0 Å². The molecule has 0 aromatic rings. The summed E-state index contributed by atoms with van der Waals surface area (Å²) in [4.78, 5) is 23.8. The average molecular weight is 469 g/mol. The number of hydrogen-bond donors (Lipinski definition) is 0. The Morgan fingerprint density at radius 2 is 1.39 bits per heavy atom. The lowest BCUT2D eigenvalue weighted by molar-refractivity contribution is -0.172. The minimum absolute atomic E-state index is 0.208. The van der Waals surface area contributed by atoms with Crippen LogP contribution in [0.25, 0.3) is 0 Å². The van der Waals surface area contributed by atoms with Gasteiger partial charge in [0.1, 0.15) is 5.60 Å². The summed E-state index contributed by atoms with van der Waals surface area (Å²) in [6.07, 6.45) is 9.05. The molecule has 1 fully saturated rings. The smallest absolute Gasteiger partial charge is 0.333 e. The second-order valence-corrected chi connectivity index (χ2v) is 10.8. The molecule has 2 unspecified atom stereocenters. The lowest BCUT2D eigenvalue weighted by atomic mass is 9.82. The third-order valence-corrected chi connectivity index (χ3v) is 6.99. The van der Waals surface area contributed by atoms with E-state index in [0.717, 1.165) is 63.7 Å². The molecule has 0 N–H and O–H groups in total. The van der Waals surface area contributed by atoms with E-state index >= 15 is 0 Å². The Hall–Kier alpha value is -1.40. The SMILES string of the molecule is CCCC(C)(C)OC(=O)/C=C/C(=O)OC(C)OCC1CCC(COC(C)C(C)(C)CC)CC1. The van der Waals surface area contributed by atoms with Crippen LogP contribution in [0.2, 0.25) is 0 Å². The quantitative estimate of drug-likeness (QED) is 0.171. The third kappa shape index (κ3) is 12.0. The Morgan fingerprint density at radius 1 is 0.879 bits per heavy atom. The number of carbonyl (C=O) groups is 2. The Balaban J connectivity index is 2.26. The van der Waals surface area contributed by atoms with Crippen LogP contribution in [-0.4, -0.2) is 43.1 Å². The molecule has 1 aliphatic rings. The van der Waals surface area contributed by atoms with E-state index in [0.29, 0.717) is 18.4 Å². The number of carbonyl (C=O) groups excluding carboxylic acids is 2. The van der Waals surface area contributed by atoms with Crippen LogP contribution < -0.4 is 0 Å². The summed E-state index contributed by atoms with van der Waals surface area (Å²) in [5, 5.41) is 0. The van der Waals surface area contributed by atoms with Gasteiger partial charge in [0.2, 0.25) is 0 Å². The molecule has 0 aliphatic heterocycles. The van der Waals surface area contributed by atoms with Gasteiger partial charge in [-0.2, -0.15) is 0 Å². The summed E-state index contributed by atoms with van der Waals surface area (Å²) in [7, 11) is 0. The largest absolute Gasteiger partial charge is 0.457 e. The normalized spacial score (nSPS) is 21.6. The number of rotatable bonds is 14. The Morgan fingerprint density at radius 3 is 1.91 bits per heavy atom. The third-order valence-electron chi connectivity index (χ3n) is 6.99. The summed E-state index contributed by atoms with van der Waals surface area (Å²) < 4.78 is 22.5. The molecule has 0 radical (unpaired) electrons. The molecule has 0 bridgehead atoms. The van der Waals surface area contributed by atoms with Crippen molar-refractivity contribution in [1.29, 1.82) is 0 Å². The van der Waals surface area contributed by atoms with Crippen molar-refractivity contribution in [1.82, 2.24) is 0 Å². The first-order chi connectivity index (χ1) is 15.4. The monoisotopic (exact) mass is 468 g/mol. The fourth-order valence-electron chi connectivity index (χ4n) is 3.96. The molecule has 0 amide bonds. The molecule has 0 aromatic carbocycles. The second kappa shape index (κ2) is 14.1. The predicted molar refractivity (Wildman–Crippen MR) is 131 cm³/mol. The fraction of sp³-hybridized carbons (Fsp3) is 0.852. The van der Waals surface area contributed by atoms with Gasteiger partial charge >= 0.3 is 11.9 Å². The molecule has 0 saturated heterocycles. The minimum Gasteiger partial charge on any atom is -0.457 e. The average Bonchev–Trinajstić information content (AvgIpc) is 2.74.